The number of methoxy groups -OCH3 is 1. The Morgan fingerprint density at radius 2 is 1.76 bits per heavy atom. The fourth-order valence-corrected chi connectivity index (χ4v) is 1.83. The van der Waals surface area contributed by atoms with E-state index in [1.807, 2.05) is 13.0 Å². The van der Waals surface area contributed by atoms with E-state index in [-0.39, 0.29) is 5.78 Å². The third kappa shape index (κ3) is 4.10. The highest BCUT2D eigenvalue weighted by molar-refractivity contribution is 6.31. The molecule has 3 nitrogen and oxygen atoms in total. The number of halogens is 1. The second kappa shape index (κ2) is 6.95. The predicted octanol–water partition coefficient (Wildman–Crippen LogP) is 4.43. The number of aryl methyl sites for hydroxylation is 1. The van der Waals surface area contributed by atoms with Gasteiger partial charge < -0.3 is 9.47 Å². The van der Waals surface area contributed by atoms with Crippen LogP contribution < -0.4 is 9.47 Å². The van der Waals surface area contributed by atoms with Crippen LogP contribution in [0.1, 0.15) is 15.9 Å². The molecule has 0 atom stereocenters. The Morgan fingerprint density at radius 1 is 1.10 bits per heavy atom. The zero-order valence-corrected chi connectivity index (χ0v) is 12.6. The van der Waals surface area contributed by atoms with Crippen molar-refractivity contribution in [2.45, 2.75) is 6.92 Å². The standard InChI is InChI=1S/C17H15ClO3/c1-12-11-15(7-8-16(12)18)21-10-9-17(19)13-3-5-14(20-2)6-4-13/h3-11H,1-2H3. The molecular formula is C17H15ClO3. The van der Waals surface area contributed by atoms with Crippen molar-refractivity contribution in [1.82, 2.24) is 0 Å². The van der Waals surface area contributed by atoms with E-state index in [2.05, 4.69) is 0 Å². The van der Waals surface area contributed by atoms with Crippen molar-refractivity contribution in [3.8, 4) is 11.5 Å². The summed E-state index contributed by atoms with van der Waals surface area (Å²) in [5.74, 6) is 1.21. The molecular weight excluding hydrogens is 288 g/mol. The lowest BCUT2D eigenvalue weighted by molar-refractivity contribution is 0.104. The average molecular weight is 303 g/mol. The van der Waals surface area contributed by atoms with Gasteiger partial charge in [-0.1, -0.05) is 11.6 Å². The summed E-state index contributed by atoms with van der Waals surface area (Å²) in [4.78, 5) is 11.9. The maximum Gasteiger partial charge on any atom is 0.188 e. The number of benzene rings is 2. The Bertz CT molecular complexity index is 660. The maximum absolute atomic E-state index is 11.9. The van der Waals surface area contributed by atoms with Gasteiger partial charge in [-0.25, -0.2) is 0 Å². The average Bonchev–Trinajstić information content (AvgIpc) is 2.51. The first kappa shape index (κ1) is 15.1. The van der Waals surface area contributed by atoms with Crippen LogP contribution in [-0.4, -0.2) is 12.9 Å². The van der Waals surface area contributed by atoms with Crippen LogP contribution in [0.25, 0.3) is 0 Å². The summed E-state index contributed by atoms with van der Waals surface area (Å²) in [7, 11) is 1.58. The van der Waals surface area contributed by atoms with E-state index < -0.39 is 0 Å². The van der Waals surface area contributed by atoms with Gasteiger partial charge >= 0.3 is 0 Å². The van der Waals surface area contributed by atoms with Gasteiger partial charge in [0.25, 0.3) is 0 Å². The minimum Gasteiger partial charge on any atom is -0.497 e. The third-order valence-electron chi connectivity index (χ3n) is 2.93. The van der Waals surface area contributed by atoms with Gasteiger partial charge in [-0.05, 0) is 55.0 Å². The molecule has 2 aromatic carbocycles. The van der Waals surface area contributed by atoms with E-state index in [0.717, 1.165) is 5.56 Å². The molecule has 0 amide bonds. The first-order valence-electron chi connectivity index (χ1n) is 6.38. The van der Waals surface area contributed by atoms with Gasteiger partial charge in [0.1, 0.15) is 11.5 Å². The monoisotopic (exact) mass is 302 g/mol. The van der Waals surface area contributed by atoms with E-state index >= 15 is 0 Å². The van der Waals surface area contributed by atoms with E-state index in [4.69, 9.17) is 21.1 Å². The second-order valence-corrected chi connectivity index (χ2v) is 4.83. The normalized spacial score (nSPS) is 10.6. The van der Waals surface area contributed by atoms with Crippen molar-refractivity contribution in [1.29, 1.82) is 0 Å². The molecule has 0 saturated heterocycles. The van der Waals surface area contributed by atoms with Crippen molar-refractivity contribution in [3.63, 3.8) is 0 Å². The molecule has 0 radical (unpaired) electrons. The smallest absolute Gasteiger partial charge is 0.188 e. The van der Waals surface area contributed by atoms with Gasteiger partial charge in [-0.15, -0.1) is 0 Å². The van der Waals surface area contributed by atoms with Crippen molar-refractivity contribution >= 4 is 17.4 Å². The molecule has 4 heteroatoms. The summed E-state index contributed by atoms with van der Waals surface area (Å²) in [6.07, 6.45) is 2.75. The molecule has 2 rings (SSSR count). The molecule has 0 aliphatic heterocycles. The van der Waals surface area contributed by atoms with Crippen molar-refractivity contribution < 1.29 is 14.3 Å². The number of rotatable bonds is 5. The first-order chi connectivity index (χ1) is 10.1. The zero-order chi connectivity index (χ0) is 15.2. The highest BCUT2D eigenvalue weighted by Crippen LogP contribution is 2.21. The first-order valence-corrected chi connectivity index (χ1v) is 6.75. The largest absolute Gasteiger partial charge is 0.497 e. The zero-order valence-electron chi connectivity index (χ0n) is 11.8. The topological polar surface area (TPSA) is 35.5 Å². The molecule has 0 aliphatic rings. The molecule has 0 saturated carbocycles. The van der Waals surface area contributed by atoms with Crippen LogP contribution in [0.4, 0.5) is 0 Å². The number of hydrogen-bond acceptors (Lipinski definition) is 3. The number of allylic oxidation sites excluding steroid dienone is 1. The van der Waals surface area contributed by atoms with Crippen molar-refractivity contribution in [3.05, 3.63) is 71.0 Å². The predicted molar refractivity (Wildman–Crippen MR) is 83.3 cm³/mol. The Kier molecular flexibility index (Phi) is 5.01. The fourth-order valence-electron chi connectivity index (χ4n) is 1.72. The van der Waals surface area contributed by atoms with E-state index in [0.29, 0.717) is 22.1 Å². The summed E-state index contributed by atoms with van der Waals surface area (Å²) in [5.41, 5.74) is 1.49. The van der Waals surface area contributed by atoms with E-state index in [1.165, 1.54) is 12.3 Å². The fraction of sp³-hybridized carbons (Fsp3) is 0.118. The molecule has 0 fully saturated rings. The molecule has 0 heterocycles. The molecule has 21 heavy (non-hydrogen) atoms. The van der Waals surface area contributed by atoms with Crippen molar-refractivity contribution in [2.24, 2.45) is 0 Å². The summed E-state index contributed by atoms with van der Waals surface area (Å²) in [5, 5.41) is 0.681. The van der Waals surface area contributed by atoms with Gasteiger partial charge in [0.2, 0.25) is 0 Å². The van der Waals surface area contributed by atoms with Crippen LogP contribution in [-0.2, 0) is 0 Å². The van der Waals surface area contributed by atoms with Crippen molar-refractivity contribution in [2.75, 3.05) is 7.11 Å². The molecule has 0 bridgehead atoms. The van der Waals surface area contributed by atoms with Crippen LogP contribution in [0, 0.1) is 6.92 Å². The molecule has 0 aliphatic carbocycles. The molecule has 2 aromatic rings. The molecule has 108 valence electrons. The van der Waals surface area contributed by atoms with Gasteiger partial charge in [0.05, 0.1) is 13.4 Å². The van der Waals surface area contributed by atoms with Crippen LogP contribution in [0.2, 0.25) is 5.02 Å². The highest BCUT2D eigenvalue weighted by Gasteiger charge is 2.02. The van der Waals surface area contributed by atoms with Crippen LogP contribution in [0.3, 0.4) is 0 Å². The summed E-state index contributed by atoms with van der Waals surface area (Å²) >= 11 is 5.93. The number of carbonyl (C=O) groups excluding carboxylic acids is 1. The van der Waals surface area contributed by atoms with Crippen LogP contribution >= 0.6 is 11.6 Å². The second-order valence-electron chi connectivity index (χ2n) is 4.42. The van der Waals surface area contributed by atoms with Gasteiger partial charge in [0, 0.05) is 16.7 Å². The molecule has 0 N–H and O–H groups in total. The summed E-state index contributed by atoms with van der Waals surface area (Å²) in [6, 6.07) is 12.2. The molecule has 0 aromatic heterocycles. The lowest BCUT2D eigenvalue weighted by Gasteiger charge is -2.03. The maximum atomic E-state index is 11.9. The Morgan fingerprint density at radius 3 is 2.38 bits per heavy atom. The minimum absolute atomic E-state index is 0.136. The number of ketones is 1. The number of hydrogen-bond donors (Lipinski definition) is 0. The SMILES string of the molecule is COc1ccc(C(=O)C=COc2ccc(Cl)c(C)c2)cc1. The van der Waals surface area contributed by atoms with Gasteiger partial charge in [0.15, 0.2) is 5.78 Å². The molecule has 0 unspecified atom stereocenters. The van der Waals surface area contributed by atoms with Gasteiger partial charge in [-0.2, -0.15) is 0 Å². The third-order valence-corrected chi connectivity index (χ3v) is 3.35. The van der Waals surface area contributed by atoms with Crippen LogP contribution in [0.5, 0.6) is 11.5 Å². The highest BCUT2D eigenvalue weighted by atomic mass is 35.5. The Balaban J connectivity index is 1.99. The lowest BCUT2D eigenvalue weighted by Crippen LogP contribution is -1.95. The lowest BCUT2D eigenvalue weighted by atomic mass is 10.1. The Labute approximate surface area is 128 Å². The van der Waals surface area contributed by atoms with E-state index in [9.17, 15) is 4.79 Å². The van der Waals surface area contributed by atoms with Gasteiger partial charge in [-0.3, -0.25) is 4.79 Å². The molecule has 0 spiro atoms. The summed E-state index contributed by atoms with van der Waals surface area (Å²) in [6.45, 7) is 1.89. The number of carbonyl (C=O) groups is 1. The van der Waals surface area contributed by atoms with Crippen LogP contribution in [0.15, 0.2) is 54.8 Å². The van der Waals surface area contributed by atoms with E-state index in [1.54, 1.807) is 43.5 Å². The summed E-state index contributed by atoms with van der Waals surface area (Å²) < 4.78 is 10.4. The minimum atomic E-state index is -0.136. The Hall–Kier alpha value is -2.26. The number of ether oxygens (including phenoxy) is 2. The quantitative estimate of drug-likeness (QED) is 0.465.